The molecule has 3 aromatic heterocycles. The first kappa shape index (κ1) is 20.8. The molecule has 0 radical (unpaired) electrons. The van der Waals surface area contributed by atoms with Gasteiger partial charge >= 0.3 is 0 Å². The van der Waals surface area contributed by atoms with Gasteiger partial charge in [0.15, 0.2) is 5.69 Å². The lowest BCUT2D eigenvalue weighted by molar-refractivity contribution is 0.100. The van der Waals surface area contributed by atoms with Crippen molar-refractivity contribution in [2.75, 3.05) is 5.43 Å². The van der Waals surface area contributed by atoms with Gasteiger partial charge < -0.3 is 0 Å². The number of carbonyl (C=O) groups excluding carboxylic acids is 1. The predicted octanol–water partition coefficient (Wildman–Crippen LogP) is 4.53. The first-order chi connectivity index (χ1) is 15.9. The number of nitrogens with zero attached hydrogens (tertiary/aromatic N) is 4. The number of carbonyl (C=O) groups is 1. The Kier molecular flexibility index (Phi) is 5.14. The van der Waals surface area contributed by atoms with E-state index >= 15 is 0 Å². The first-order valence-electron chi connectivity index (χ1n) is 10.4. The number of aryl methyl sites for hydroxylation is 2. The Balaban J connectivity index is 1.50. The molecule has 0 spiro atoms. The quantitative estimate of drug-likeness (QED) is 0.432. The van der Waals surface area contributed by atoms with Crippen LogP contribution in [0.15, 0.2) is 70.8 Å². The van der Waals surface area contributed by atoms with Crippen LogP contribution < -0.4 is 11.0 Å². The Labute approximate surface area is 193 Å². The molecule has 0 fully saturated rings. The highest BCUT2D eigenvalue weighted by Crippen LogP contribution is 2.31. The molecule has 0 aliphatic heterocycles. The molecule has 5 aromatic rings. The van der Waals surface area contributed by atoms with E-state index in [-0.39, 0.29) is 11.3 Å². The van der Waals surface area contributed by atoms with Crippen LogP contribution in [0.4, 0.5) is 0 Å². The van der Waals surface area contributed by atoms with Crippen LogP contribution in [0.2, 0.25) is 0 Å². The van der Waals surface area contributed by atoms with Gasteiger partial charge in [-0.3, -0.25) is 19.7 Å². The maximum atomic E-state index is 13.2. The number of aromatic nitrogens is 4. The minimum Gasteiger partial charge on any atom is -0.267 e. The Hall–Kier alpha value is -4.04. The van der Waals surface area contributed by atoms with Gasteiger partial charge in [-0.1, -0.05) is 48.5 Å². The van der Waals surface area contributed by atoms with Gasteiger partial charge in [0.2, 0.25) is 0 Å². The largest absolute Gasteiger partial charge is 0.291 e. The summed E-state index contributed by atoms with van der Waals surface area (Å²) >= 11 is 1.59. The van der Waals surface area contributed by atoms with Crippen molar-refractivity contribution in [3.05, 3.63) is 93.5 Å². The normalized spacial score (nSPS) is 11.1. The molecule has 0 aliphatic carbocycles. The molecule has 1 amide bonds. The van der Waals surface area contributed by atoms with Crippen molar-refractivity contribution in [3.63, 3.8) is 0 Å². The van der Waals surface area contributed by atoms with Crippen molar-refractivity contribution in [2.45, 2.75) is 13.8 Å². The second-order valence-corrected chi connectivity index (χ2v) is 8.65. The van der Waals surface area contributed by atoms with Gasteiger partial charge in [-0.15, -0.1) is 11.3 Å². The summed E-state index contributed by atoms with van der Waals surface area (Å²) in [6, 6.07) is 19.1. The summed E-state index contributed by atoms with van der Waals surface area (Å²) in [7, 11) is 1.54. The average Bonchev–Trinajstić information content (AvgIpc) is 3.42. The lowest BCUT2D eigenvalue weighted by Gasteiger charge is -2.13. The first-order valence-corrected chi connectivity index (χ1v) is 11.3. The van der Waals surface area contributed by atoms with E-state index in [4.69, 9.17) is 4.98 Å². The molecule has 8 heteroatoms. The molecule has 3 heterocycles. The molecule has 0 saturated carbocycles. The zero-order chi connectivity index (χ0) is 23.1. The number of hydrogen-bond acceptors (Lipinski definition) is 5. The number of benzene rings is 2. The fourth-order valence-corrected chi connectivity index (χ4v) is 4.75. The Morgan fingerprint density at radius 3 is 2.45 bits per heavy atom. The molecule has 0 unspecified atom stereocenters. The van der Waals surface area contributed by atoms with E-state index in [9.17, 15) is 9.59 Å². The summed E-state index contributed by atoms with van der Waals surface area (Å²) in [5, 5.41) is 8.17. The highest BCUT2D eigenvalue weighted by atomic mass is 32.1. The van der Waals surface area contributed by atoms with E-state index in [2.05, 4.69) is 10.5 Å². The summed E-state index contributed by atoms with van der Waals surface area (Å²) in [6.45, 7) is 3.87. The molecule has 164 valence electrons. The van der Waals surface area contributed by atoms with E-state index in [0.29, 0.717) is 10.8 Å². The van der Waals surface area contributed by atoms with Gasteiger partial charge in [-0.25, -0.2) is 9.67 Å². The van der Waals surface area contributed by atoms with Crippen molar-refractivity contribution in [1.29, 1.82) is 0 Å². The van der Waals surface area contributed by atoms with Crippen LogP contribution in [-0.2, 0) is 7.05 Å². The van der Waals surface area contributed by atoms with Crippen LogP contribution in [0, 0.1) is 13.8 Å². The van der Waals surface area contributed by atoms with Crippen LogP contribution in [0.5, 0.6) is 0 Å². The fourth-order valence-electron chi connectivity index (χ4n) is 3.93. The van der Waals surface area contributed by atoms with E-state index in [1.807, 2.05) is 55.6 Å². The minimum atomic E-state index is -0.390. The molecule has 0 bridgehead atoms. The van der Waals surface area contributed by atoms with E-state index < -0.39 is 5.91 Å². The molecule has 33 heavy (non-hydrogen) atoms. The molecular formula is C25H21N5O2S. The Bertz CT molecular complexity index is 1560. The number of fused-ring (bicyclic) bond motifs is 1. The average molecular weight is 456 g/mol. The van der Waals surface area contributed by atoms with Crippen molar-refractivity contribution < 1.29 is 4.79 Å². The molecule has 0 atom stereocenters. The van der Waals surface area contributed by atoms with Crippen LogP contribution in [0.3, 0.4) is 0 Å². The monoisotopic (exact) mass is 455 g/mol. The topological polar surface area (TPSA) is 81.8 Å². The summed E-state index contributed by atoms with van der Waals surface area (Å²) < 4.78 is 2.93. The molecule has 1 N–H and O–H groups in total. The number of nitrogens with one attached hydrogen (secondary N) is 1. The molecule has 2 aromatic carbocycles. The van der Waals surface area contributed by atoms with Gasteiger partial charge in [-0.05, 0) is 26.0 Å². The Morgan fingerprint density at radius 2 is 1.70 bits per heavy atom. The van der Waals surface area contributed by atoms with E-state index in [1.165, 1.54) is 4.68 Å². The molecule has 0 saturated heterocycles. The van der Waals surface area contributed by atoms with Crippen LogP contribution in [0.1, 0.15) is 21.9 Å². The molecular weight excluding hydrogens is 434 g/mol. The van der Waals surface area contributed by atoms with Gasteiger partial charge in [0.1, 0.15) is 5.01 Å². The fraction of sp³-hybridized carbons (Fsp3) is 0.120. The summed E-state index contributed by atoms with van der Waals surface area (Å²) in [5.74, 6) is -0.390. The van der Waals surface area contributed by atoms with Crippen LogP contribution >= 0.6 is 11.3 Å². The summed E-state index contributed by atoms with van der Waals surface area (Å²) in [5.41, 5.74) is 7.50. The summed E-state index contributed by atoms with van der Waals surface area (Å²) in [6.07, 6.45) is 0. The van der Waals surface area contributed by atoms with Crippen LogP contribution in [0.25, 0.3) is 32.6 Å². The highest BCUT2D eigenvalue weighted by molar-refractivity contribution is 7.13. The van der Waals surface area contributed by atoms with Gasteiger partial charge in [0.25, 0.3) is 11.5 Å². The maximum Gasteiger partial charge on any atom is 0.291 e. The van der Waals surface area contributed by atoms with Crippen molar-refractivity contribution in [2.24, 2.45) is 7.05 Å². The zero-order valence-electron chi connectivity index (χ0n) is 18.4. The predicted molar refractivity (Wildman–Crippen MR) is 131 cm³/mol. The number of amides is 1. The van der Waals surface area contributed by atoms with Crippen molar-refractivity contribution in [1.82, 2.24) is 19.4 Å². The second kappa shape index (κ2) is 8.14. The highest BCUT2D eigenvalue weighted by Gasteiger charge is 2.19. The Morgan fingerprint density at radius 1 is 1.00 bits per heavy atom. The standard InChI is InChI=1S/C25H21N5O2S/c1-15-13-20(21-14-33-24(26-21)17-9-5-4-6-10-17)16(2)30(15)28-23(31)22-18-11-7-8-12-19(18)25(32)29(3)27-22/h4-14H,1-3H3,(H,28,31). The number of hydrogen-bond donors (Lipinski definition) is 1. The molecule has 7 nitrogen and oxygen atoms in total. The smallest absolute Gasteiger partial charge is 0.267 e. The number of thiazole rings is 1. The zero-order valence-corrected chi connectivity index (χ0v) is 19.2. The molecule has 5 rings (SSSR count). The minimum absolute atomic E-state index is 0.196. The van der Waals surface area contributed by atoms with Gasteiger partial charge in [0.05, 0.1) is 11.1 Å². The number of rotatable bonds is 4. The lowest BCUT2D eigenvalue weighted by atomic mass is 10.1. The third kappa shape index (κ3) is 3.64. The SMILES string of the molecule is Cc1cc(-c2csc(-c3ccccc3)n2)c(C)n1NC(=O)c1nn(C)c(=O)c2ccccc12. The second-order valence-electron chi connectivity index (χ2n) is 7.79. The summed E-state index contributed by atoms with van der Waals surface area (Å²) in [4.78, 5) is 30.4. The van der Waals surface area contributed by atoms with Gasteiger partial charge in [-0.2, -0.15) is 5.10 Å². The third-order valence-corrected chi connectivity index (χ3v) is 6.51. The maximum absolute atomic E-state index is 13.2. The lowest BCUT2D eigenvalue weighted by Crippen LogP contribution is -2.29. The van der Waals surface area contributed by atoms with Crippen molar-refractivity contribution in [3.8, 4) is 21.8 Å². The van der Waals surface area contributed by atoms with Gasteiger partial charge in [0, 0.05) is 40.3 Å². The molecule has 0 aliphatic rings. The van der Waals surface area contributed by atoms with E-state index in [0.717, 1.165) is 33.2 Å². The van der Waals surface area contributed by atoms with Crippen molar-refractivity contribution >= 4 is 28.0 Å². The van der Waals surface area contributed by atoms with E-state index in [1.54, 1.807) is 47.3 Å². The van der Waals surface area contributed by atoms with Crippen LogP contribution in [-0.4, -0.2) is 25.3 Å². The third-order valence-electron chi connectivity index (χ3n) is 5.62.